The van der Waals surface area contributed by atoms with Crippen LogP contribution in [0.15, 0.2) is 12.2 Å². The van der Waals surface area contributed by atoms with Crippen molar-refractivity contribution >= 4 is 5.78 Å². The van der Waals surface area contributed by atoms with Gasteiger partial charge in [-0.1, -0.05) is 6.58 Å². The highest BCUT2D eigenvalue weighted by molar-refractivity contribution is 5.95. The Kier molecular flexibility index (Phi) is 3.92. The van der Waals surface area contributed by atoms with Crippen LogP contribution in [0.3, 0.4) is 0 Å². The molecule has 2 N–H and O–H groups in total. The second-order valence-corrected chi connectivity index (χ2v) is 1.79. The number of Topliss-reactive ketones (excluding diaryl/α,β-unsaturated/α-hetero) is 1. The quantitative estimate of drug-likeness (QED) is 0.403. The highest BCUT2D eigenvalue weighted by atomic mass is 16.3. The number of aliphatic hydroxyl groups excluding tert-OH is 1. The Morgan fingerprint density at radius 3 is 2.67 bits per heavy atom. The van der Waals surface area contributed by atoms with Crippen LogP contribution >= 0.6 is 0 Å². The first-order valence-corrected chi connectivity index (χ1v) is 2.68. The average Bonchev–Trinajstić information content (AvgIpc) is 1.82. The van der Waals surface area contributed by atoms with E-state index in [4.69, 9.17) is 5.11 Å². The Labute approximate surface area is 54.4 Å². The lowest BCUT2D eigenvalue weighted by atomic mass is 10.2. The molecule has 0 heterocycles. The van der Waals surface area contributed by atoms with Crippen molar-refractivity contribution < 1.29 is 9.90 Å². The minimum atomic E-state index is -0.168. The Balaban J connectivity index is 3.39. The van der Waals surface area contributed by atoms with E-state index in [-0.39, 0.29) is 19.1 Å². The molecule has 52 valence electrons. The second kappa shape index (κ2) is 4.23. The van der Waals surface area contributed by atoms with Gasteiger partial charge >= 0.3 is 0 Å². The molecule has 3 nitrogen and oxygen atoms in total. The molecule has 0 atom stereocenters. The third-order valence-corrected chi connectivity index (χ3v) is 0.873. The van der Waals surface area contributed by atoms with E-state index in [0.29, 0.717) is 5.57 Å². The third-order valence-electron chi connectivity index (χ3n) is 0.873. The fourth-order valence-corrected chi connectivity index (χ4v) is 0.320. The number of carbonyl (C=O) groups excluding carboxylic acids is 1. The Hall–Kier alpha value is -0.670. The van der Waals surface area contributed by atoms with Gasteiger partial charge < -0.3 is 5.11 Å². The summed E-state index contributed by atoms with van der Waals surface area (Å²) in [5.74, 6) is -0.0657. The molecule has 0 aromatic rings. The highest BCUT2D eigenvalue weighted by Gasteiger charge is 1.98. The molecular weight excluding hydrogens is 118 g/mol. The molecule has 0 bridgehead atoms. The van der Waals surface area contributed by atoms with E-state index in [1.807, 2.05) is 0 Å². The number of carbonyl (C=O) groups is 1. The van der Waals surface area contributed by atoms with Crippen molar-refractivity contribution in [3.8, 4) is 0 Å². The fourth-order valence-electron chi connectivity index (χ4n) is 0.320. The minimum Gasteiger partial charge on any atom is -0.381 e. The van der Waals surface area contributed by atoms with E-state index in [1.54, 1.807) is 6.92 Å². The van der Waals surface area contributed by atoms with Crippen LogP contribution in [0.4, 0.5) is 0 Å². The molecule has 0 saturated heterocycles. The maximum absolute atomic E-state index is 10.6. The van der Waals surface area contributed by atoms with Crippen molar-refractivity contribution in [2.24, 2.45) is 0 Å². The van der Waals surface area contributed by atoms with E-state index in [0.717, 1.165) is 0 Å². The predicted octanol–water partition coefficient (Wildman–Crippen LogP) is -0.329. The van der Waals surface area contributed by atoms with Crippen molar-refractivity contribution in [2.75, 3.05) is 13.3 Å². The van der Waals surface area contributed by atoms with Crippen LogP contribution in [-0.2, 0) is 4.79 Å². The fraction of sp³-hybridized carbons (Fsp3) is 0.500. The molecule has 0 aliphatic carbocycles. The Morgan fingerprint density at radius 1 is 1.78 bits per heavy atom. The van der Waals surface area contributed by atoms with E-state index in [9.17, 15) is 4.79 Å². The summed E-state index contributed by atoms with van der Waals surface area (Å²) in [7, 11) is 0. The van der Waals surface area contributed by atoms with Gasteiger partial charge in [0.2, 0.25) is 0 Å². The van der Waals surface area contributed by atoms with Crippen LogP contribution in [0.1, 0.15) is 6.92 Å². The van der Waals surface area contributed by atoms with Crippen molar-refractivity contribution in [3.63, 3.8) is 0 Å². The number of ketones is 1. The molecule has 0 saturated carbocycles. The molecule has 0 radical (unpaired) electrons. The zero-order valence-corrected chi connectivity index (χ0v) is 5.48. The number of rotatable bonds is 4. The topological polar surface area (TPSA) is 49.3 Å². The lowest BCUT2D eigenvalue weighted by molar-refractivity contribution is -0.114. The monoisotopic (exact) mass is 129 g/mol. The Morgan fingerprint density at radius 2 is 2.33 bits per heavy atom. The van der Waals surface area contributed by atoms with Crippen molar-refractivity contribution in [1.29, 1.82) is 0 Å². The average molecular weight is 129 g/mol. The first-order valence-electron chi connectivity index (χ1n) is 2.68. The summed E-state index contributed by atoms with van der Waals surface area (Å²) < 4.78 is 0. The SMILES string of the molecule is C=C(C)C(=O)CNCO. The van der Waals surface area contributed by atoms with E-state index in [1.165, 1.54) is 0 Å². The maximum atomic E-state index is 10.6. The third kappa shape index (κ3) is 3.88. The minimum absolute atomic E-state index is 0.0657. The lowest BCUT2D eigenvalue weighted by Gasteiger charge is -1.97. The molecule has 0 unspecified atom stereocenters. The summed E-state index contributed by atoms with van der Waals surface area (Å²) in [6, 6.07) is 0. The molecule has 3 heteroatoms. The summed E-state index contributed by atoms with van der Waals surface area (Å²) in [6.45, 7) is 5.08. The van der Waals surface area contributed by atoms with Gasteiger partial charge in [-0.05, 0) is 12.5 Å². The molecule has 0 spiro atoms. The smallest absolute Gasteiger partial charge is 0.171 e. The lowest BCUT2D eigenvalue weighted by Crippen LogP contribution is -2.23. The summed E-state index contributed by atoms with van der Waals surface area (Å²) in [5, 5.41) is 10.7. The van der Waals surface area contributed by atoms with E-state index in [2.05, 4.69) is 11.9 Å². The molecule has 0 aromatic carbocycles. The molecule has 0 rings (SSSR count). The maximum Gasteiger partial charge on any atom is 0.171 e. The molecule has 0 amide bonds. The largest absolute Gasteiger partial charge is 0.381 e. The van der Waals surface area contributed by atoms with Crippen LogP contribution in [-0.4, -0.2) is 24.2 Å². The standard InChI is InChI=1S/C6H11NO2/c1-5(2)6(9)3-7-4-8/h7-8H,1,3-4H2,2H3. The van der Waals surface area contributed by atoms with Crippen LogP contribution in [0.2, 0.25) is 0 Å². The van der Waals surface area contributed by atoms with E-state index >= 15 is 0 Å². The normalized spacial score (nSPS) is 9.11. The molecule has 0 aliphatic heterocycles. The van der Waals surface area contributed by atoms with Crippen LogP contribution < -0.4 is 5.32 Å². The molecule has 0 aromatic heterocycles. The summed E-state index contributed by atoms with van der Waals surface area (Å²) in [6.07, 6.45) is 0. The summed E-state index contributed by atoms with van der Waals surface area (Å²) >= 11 is 0. The van der Waals surface area contributed by atoms with Crippen LogP contribution in [0.25, 0.3) is 0 Å². The molecular formula is C6H11NO2. The summed E-state index contributed by atoms with van der Waals surface area (Å²) in [4.78, 5) is 10.6. The van der Waals surface area contributed by atoms with Gasteiger partial charge in [0.05, 0.1) is 13.3 Å². The number of aliphatic hydroxyl groups is 1. The predicted molar refractivity (Wildman–Crippen MR) is 34.9 cm³/mol. The van der Waals surface area contributed by atoms with E-state index < -0.39 is 0 Å². The second-order valence-electron chi connectivity index (χ2n) is 1.79. The van der Waals surface area contributed by atoms with Crippen molar-refractivity contribution in [1.82, 2.24) is 5.32 Å². The Bertz CT molecular complexity index is 120. The number of nitrogens with one attached hydrogen (secondary N) is 1. The van der Waals surface area contributed by atoms with Gasteiger partial charge in [0.15, 0.2) is 5.78 Å². The van der Waals surface area contributed by atoms with Crippen molar-refractivity contribution in [3.05, 3.63) is 12.2 Å². The zero-order valence-electron chi connectivity index (χ0n) is 5.48. The van der Waals surface area contributed by atoms with Gasteiger partial charge in [0.1, 0.15) is 0 Å². The van der Waals surface area contributed by atoms with Gasteiger partial charge in [0, 0.05) is 0 Å². The number of hydrogen-bond donors (Lipinski definition) is 2. The van der Waals surface area contributed by atoms with Gasteiger partial charge in [0.25, 0.3) is 0 Å². The van der Waals surface area contributed by atoms with Gasteiger partial charge in [-0.15, -0.1) is 0 Å². The first-order chi connectivity index (χ1) is 4.18. The van der Waals surface area contributed by atoms with Crippen LogP contribution in [0.5, 0.6) is 0 Å². The zero-order chi connectivity index (χ0) is 7.28. The number of hydrogen-bond acceptors (Lipinski definition) is 3. The van der Waals surface area contributed by atoms with Gasteiger partial charge in [-0.3, -0.25) is 10.1 Å². The van der Waals surface area contributed by atoms with Gasteiger partial charge in [-0.25, -0.2) is 0 Å². The first kappa shape index (κ1) is 8.33. The van der Waals surface area contributed by atoms with Gasteiger partial charge in [-0.2, -0.15) is 0 Å². The summed E-state index contributed by atoms with van der Waals surface area (Å²) in [5.41, 5.74) is 0.510. The molecule has 0 fully saturated rings. The molecule has 0 aliphatic rings. The molecule has 9 heavy (non-hydrogen) atoms. The van der Waals surface area contributed by atoms with Crippen LogP contribution in [0, 0.1) is 0 Å². The highest BCUT2D eigenvalue weighted by Crippen LogP contribution is 1.85. The van der Waals surface area contributed by atoms with Crippen molar-refractivity contribution in [2.45, 2.75) is 6.92 Å².